The Bertz CT molecular complexity index is 381. The van der Waals surface area contributed by atoms with Crippen molar-refractivity contribution in [2.75, 3.05) is 11.0 Å². The molecular formula is C11H16N2S. The van der Waals surface area contributed by atoms with Crippen molar-refractivity contribution in [1.82, 2.24) is 4.98 Å². The van der Waals surface area contributed by atoms with Crippen LogP contribution in [0.25, 0.3) is 10.9 Å². The van der Waals surface area contributed by atoms with E-state index in [0.717, 1.165) is 5.69 Å². The largest absolute Gasteiger partial charge is 0.361 e. The molecule has 2 nitrogen and oxygen atoms in total. The molecule has 0 saturated carbocycles. The summed E-state index contributed by atoms with van der Waals surface area (Å²) in [5.41, 5.74) is 2.33. The summed E-state index contributed by atoms with van der Waals surface area (Å²) in [4.78, 5) is 3.15. The number of nitrogens with one attached hydrogen (secondary N) is 2. The monoisotopic (exact) mass is 208 g/mol. The Kier molecular flexibility index (Phi) is 4.40. The van der Waals surface area contributed by atoms with Crippen LogP contribution in [0.3, 0.4) is 0 Å². The number of anilines is 1. The van der Waals surface area contributed by atoms with Crippen LogP contribution >= 0.6 is 11.9 Å². The maximum Gasteiger partial charge on any atom is 0.0455 e. The fourth-order valence-electron chi connectivity index (χ4n) is 1.23. The highest BCUT2D eigenvalue weighted by Gasteiger charge is 1.94. The van der Waals surface area contributed by atoms with E-state index in [1.165, 1.54) is 10.9 Å². The third kappa shape index (κ3) is 2.45. The second-order valence-corrected chi connectivity index (χ2v) is 3.20. The maximum atomic E-state index is 3.19. The highest BCUT2D eigenvalue weighted by atomic mass is 32.2. The molecule has 0 fully saturated rings. The smallest absolute Gasteiger partial charge is 0.0455 e. The molecule has 1 heterocycles. The highest BCUT2D eigenvalue weighted by Crippen LogP contribution is 2.19. The molecule has 0 bridgehead atoms. The number of hydrogen-bond acceptors (Lipinski definition) is 2. The van der Waals surface area contributed by atoms with Gasteiger partial charge in [0.05, 0.1) is 0 Å². The summed E-state index contributed by atoms with van der Waals surface area (Å²) in [6.45, 7) is 4.00. The van der Waals surface area contributed by atoms with Crippen molar-refractivity contribution in [3.63, 3.8) is 0 Å². The molecule has 0 aliphatic heterocycles. The SMILES string of the molecule is CC.CSNc1ccc2[nH]ccc2c1. The van der Waals surface area contributed by atoms with Crippen molar-refractivity contribution < 1.29 is 0 Å². The molecule has 1 aromatic carbocycles. The third-order valence-electron chi connectivity index (χ3n) is 1.77. The zero-order chi connectivity index (χ0) is 10.4. The average Bonchev–Trinajstić information content (AvgIpc) is 2.68. The minimum absolute atomic E-state index is 1.15. The Hall–Kier alpha value is -1.09. The van der Waals surface area contributed by atoms with Crippen molar-refractivity contribution in [1.29, 1.82) is 0 Å². The lowest BCUT2D eigenvalue weighted by molar-refractivity contribution is 1.48. The van der Waals surface area contributed by atoms with E-state index in [1.807, 2.05) is 26.3 Å². The lowest BCUT2D eigenvalue weighted by atomic mass is 10.2. The Morgan fingerprint density at radius 1 is 1.21 bits per heavy atom. The minimum Gasteiger partial charge on any atom is -0.361 e. The summed E-state index contributed by atoms with van der Waals surface area (Å²) in [5, 5.41) is 1.24. The number of fused-ring (bicyclic) bond motifs is 1. The molecule has 2 aromatic rings. The minimum atomic E-state index is 1.15. The topological polar surface area (TPSA) is 27.8 Å². The van der Waals surface area contributed by atoms with Crippen molar-refractivity contribution in [2.24, 2.45) is 0 Å². The molecule has 0 spiro atoms. The Labute approximate surface area is 89.2 Å². The van der Waals surface area contributed by atoms with Crippen LogP contribution in [0.1, 0.15) is 13.8 Å². The van der Waals surface area contributed by atoms with Gasteiger partial charge in [0.2, 0.25) is 0 Å². The van der Waals surface area contributed by atoms with Gasteiger partial charge < -0.3 is 9.71 Å². The number of benzene rings is 1. The first kappa shape index (κ1) is 11.0. The standard InChI is InChI=1S/C9H10N2S.C2H6/c1-12-11-8-2-3-9-7(6-8)4-5-10-9;1-2/h2-6,10-11H,1H3;1-2H3. The summed E-state index contributed by atoms with van der Waals surface area (Å²) in [6, 6.07) is 8.34. The average molecular weight is 208 g/mol. The number of H-pyrrole nitrogens is 1. The zero-order valence-electron chi connectivity index (χ0n) is 8.79. The van der Waals surface area contributed by atoms with Gasteiger partial charge in [-0.25, -0.2) is 0 Å². The van der Waals surface area contributed by atoms with Crippen molar-refractivity contribution in [3.8, 4) is 0 Å². The predicted molar refractivity (Wildman–Crippen MR) is 66.8 cm³/mol. The Morgan fingerprint density at radius 2 is 2.00 bits per heavy atom. The van der Waals surface area contributed by atoms with Crippen LogP contribution in [0, 0.1) is 0 Å². The lowest BCUT2D eigenvalue weighted by Gasteiger charge is -2.00. The normalized spacial score (nSPS) is 9.36. The van der Waals surface area contributed by atoms with E-state index in [-0.39, 0.29) is 0 Å². The van der Waals surface area contributed by atoms with E-state index in [2.05, 4.69) is 34.0 Å². The van der Waals surface area contributed by atoms with Crippen molar-refractivity contribution in [3.05, 3.63) is 30.5 Å². The molecule has 0 atom stereocenters. The van der Waals surface area contributed by atoms with E-state index in [0.29, 0.717) is 0 Å². The molecule has 76 valence electrons. The first-order chi connectivity index (χ1) is 6.90. The van der Waals surface area contributed by atoms with Gasteiger partial charge in [-0.1, -0.05) is 25.8 Å². The van der Waals surface area contributed by atoms with Crippen LogP contribution in [-0.4, -0.2) is 11.2 Å². The van der Waals surface area contributed by atoms with Gasteiger partial charge in [-0.15, -0.1) is 0 Å². The predicted octanol–water partition coefficient (Wildman–Crippen LogP) is 3.88. The second-order valence-electron chi connectivity index (χ2n) is 2.59. The Balaban J connectivity index is 0.000000461. The van der Waals surface area contributed by atoms with Crippen LogP contribution in [-0.2, 0) is 0 Å². The first-order valence-electron chi connectivity index (χ1n) is 4.76. The molecule has 2 N–H and O–H groups in total. The third-order valence-corrected chi connectivity index (χ3v) is 2.21. The number of hydrogen-bond donors (Lipinski definition) is 2. The zero-order valence-corrected chi connectivity index (χ0v) is 9.61. The van der Waals surface area contributed by atoms with Gasteiger partial charge in [-0.2, -0.15) is 0 Å². The fraction of sp³-hybridized carbons (Fsp3) is 0.273. The number of rotatable bonds is 2. The number of aromatic amines is 1. The van der Waals surface area contributed by atoms with Gasteiger partial charge in [-0.05, 0) is 24.3 Å². The molecular weight excluding hydrogens is 192 g/mol. The van der Waals surface area contributed by atoms with Crippen molar-refractivity contribution in [2.45, 2.75) is 13.8 Å². The Morgan fingerprint density at radius 3 is 2.71 bits per heavy atom. The van der Waals surface area contributed by atoms with Gasteiger partial charge in [0.1, 0.15) is 0 Å². The van der Waals surface area contributed by atoms with Crippen LogP contribution in [0.5, 0.6) is 0 Å². The summed E-state index contributed by atoms with van der Waals surface area (Å²) in [6.07, 6.45) is 3.97. The van der Waals surface area contributed by atoms with Gasteiger partial charge >= 0.3 is 0 Å². The van der Waals surface area contributed by atoms with E-state index in [1.54, 1.807) is 11.9 Å². The fourth-order valence-corrected chi connectivity index (χ4v) is 1.60. The molecule has 0 saturated heterocycles. The number of aromatic nitrogens is 1. The molecule has 0 aliphatic rings. The molecule has 0 amide bonds. The first-order valence-corrected chi connectivity index (χ1v) is 5.99. The summed E-state index contributed by atoms with van der Waals surface area (Å²) >= 11 is 1.61. The highest BCUT2D eigenvalue weighted by molar-refractivity contribution is 7.99. The van der Waals surface area contributed by atoms with E-state index < -0.39 is 0 Å². The summed E-state index contributed by atoms with van der Waals surface area (Å²) in [7, 11) is 0. The molecule has 0 aliphatic carbocycles. The summed E-state index contributed by atoms with van der Waals surface area (Å²) < 4.78 is 3.19. The molecule has 1 aromatic heterocycles. The molecule has 2 rings (SSSR count). The second kappa shape index (κ2) is 5.60. The van der Waals surface area contributed by atoms with Crippen LogP contribution in [0.15, 0.2) is 30.5 Å². The molecule has 3 heteroatoms. The van der Waals surface area contributed by atoms with Crippen LogP contribution < -0.4 is 4.72 Å². The molecule has 14 heavy (non-hydrogen) atoms. The molecule has 0 unspecified atom stereocenters. The van der Waals surface area contributed by atoms with Crippen LogP contribution in [0.4, 0.5) is 5.69 Å². The summed E-state index contributed by atoms with van der Waals surface area (Å²) in [5.74, 6) is 0. The van der Waals surface area contributed by atoms with E-state index in [9.17, 15) is 0 Å². The van der Waals surface area contributed by atoms with E-state index in [4.69, 9.17) is 0 Å². The van der Waals surface area contributed by atoms with Gasteiger partial charge in [0.15, 0.2) is 0 Å². The van der Waals surface area contributed by atoms with E-state index >= 15 is 0 Å². The van der Waals surface area contributed by atoms with Gasteiger partial charge in [-0.3, -0.25) is 0 Å². The lowest BCUT2D eigenvalue weighted by Crippen LogP contribution is -1.82. The van der Waals surface area contributed by atoms with Gasteiger partial charge in [0, 0.05) is 29.0 Å². The van der Waals surface area contributed by atoms with Crippen molar-refractivity contribution >= 4 is 28.5 Å². The maximum absolute atomic E-state index is 3.19. The molecule has 0 radical (unpaired) electrons. The van der Waals surface area contributed by atoms with Gasteiger partial charge in [0.25, 0.3) is 0 Å². The van der Waals surface area contributed by atoms with Crippen LogP contribution in [0.2, 0.25) is 0 Å². The quantitative estimate of drug-likeness (QED) is 0.733.